The average Bonchev–Trinajstić information content (AvgIpc) is 2.83. The third-order valence-electron chi connectivity index (χ3n) is 5.22. The molecule has 1 N–H and O–H groups in total. The van der Waals surface area contributed by atoms with E-state index in [1.165, 1.54) is 24.3 Å². The lowest BCUT2D eigenvalue weighted by Crippen LogP contribution is -2.54. The van der Waals surface area contributed by atoms with Crippen LogP contribution in [-0.4, -0.2) is 24.5 Å². The molecule has 0 spiro atoms. The molecular formula is C26H18BrCl2FN2O5. The molecule has 4 amide bonds. The number of nitrogens with zero attached hydrogens (tertiary/aromatic N) is 1. The summed E-state index contributed by atoms with van der Waals surface area (Å²) in [6, 6.07) is 12.5. The van der Waals surface area contributed by atoms with Crippen LogP contribution in [0.25, 0.3) is 6.08 Å². The van der Waals surface area contributed by atoms with Crippen LogP contribution >= 0.6 is 39.1 Å². The highest BCUT2D eigenvalue weighted by Gasteiger charge is 2.38. The normalized spacial score (nSPS) is 14.7. The van der Waals surface area contributed by atoms with E-state index in [4.69, 9.17) is 32.7 Å². The van der Waals surface area contributed by atoms with Gasteiger partial charge in [0.15, 0.2) is 11.5 Å². The van der Waals surface area contributed by atoms with Crippen molar-refractivity contribution in [3.05, 3.63) is 91.6 Å². The SMILES string of the molecule is CCOc1cc(/C=C2/C(=O)NC(=O)N(c3ccccc3F)C2=O)cc(Br)c1OCc1ccc(Cl)cc1Cl. The van der Waals surface area contributed by atoms with Crippen LogP contribution < -0.4 is 19.7 Å². The quantitative estimate of drug-likeness (QED) is 0.243. The Bertz CT molecular complexity index is 1450. The third kappa shape index (κ3) is 5.79. The number of carbonyl (C=O) groups is 3. The lowest BCUT2D eigenvalue weighted by Gasteiger charge is -2.26. The van der Waals surface area contributed by atoms with Gasteiger partial charge in [-0.25, -0.2) is 14.1 Å². The molecule has 1 aliphatic rings. The van der Waals surface area contributed by atoms with Crippen LogP contribution in [-0.2, 0) is 16.2 Å². The van der Waals surface area contributed by atoms with Crippen molar-refractivity contribution < 1.29 is 28.2 Å². The highest BCUT2D eigenvalue weighted by molar-refractivity contribution is 9.10. The lowest BCUT2D eigenvalue weighted by atomic mass is 10.1. The molecule has 0 radical (unpaired) electrons. The molecule has 0 aliphatic carbocycles. The van der Waals surface area contributed by atoms with Gasteiger partial charge in [0.2, 0.25) is 0 Å². The number of halogens is 4. The zero-order valence-corrected chi connectivity index (χ0v) is 22.3. The molecule has 37 heavy (non-hydrogen) atoms. The molecule has 4 rings (SSSR count). The Balaban J connectivity index is 1.67. The van der Waals surface area contributed by atoms with Crippen LogP contribution in [0.4, 0.5) is 14.9 Å². The molecule has 1 aliphatic heterocycles. The number of benzene rings is 3. The second-order valence-electron chi connectivity index (χ2n) is 7.70. The first-order valence-electron chi connectivity index (χ1n) is 10.9. The van der Waals surface area contributed by atoms with Gasteiger partial charge in [-0.3, -0.25) is 14.9 Å². The van der Waals surface area contributed by atoms with Gasteiger partial charge in [-0.2, -0.15) is 0 Å². The van der Waals surface area contributed by atoms with Crippen molar-refractivity contribution in [1.82, 2.24) is 5.32 Å². The van der Waals surface area contributed by atoms with Crippen molar-refractivity contribution in [2.45, 2.75) is 13.5 Å². The van der Waals surface area contributed by atoms with Crippen LogP contribution in [0.1, 0.15) is 18.1 Å². The summed E-state index contributed by atoms with van der Waals surface area (Å²) in [5.74, 6) is -1.96. The van der Waals surface area contributed by atoms with Crippen molar-refractivity contribution in [1.29, 1.82) is 0 Å². The summed E-state index contributed by atoms with van der Waals surface area (Å²) in [4.78, 5) is 38.6. The summed E-state index contributed by atoms with van der Waals surface area (Å²) in [7, 11) is 0. The smallest absolute Gasteiger partial charge is 0.336 e. The Morgan fingerprint density at radius 1 is 1.05 bits per heavy atom. The summed E-state index contributed by atoms with van der Waals surface area (Å²) >= 11 is 15.6. The van der Waals surface area contributed by atoms with Crippen molar-refractivity contribution in [2.24, 2.45) is 0 Å². The number of barbiturate groups is 1. The molecule has 3 aromatic carbocycles. The highest BCUT2D eigenvalue weighted by atomic mass is 79.9. The summed E-state index contributed by atoms with van der Waals surface area (Å²) in [5, 5.41) is 3.01. The predicted octanol–water partition coefficient (Wildman–Crippen LogP) is 6.54. The Morgan fingerprint density at radius 2 is 1.81 bits per heavy atom. The lowest BCUT2D eigenvalue weighted by molar-refractivity contribution is -0.122. The molecule has 0 bridgehead atoms. The van der Waals surface area contributed by atoms with Crippen molar-refractivity contribution in [3.8, 4) is 11.5 Å². The van der Waals surface area contributed by atoms with Crippen LogP contribution in [0, 0.1) is 5.82 Å². The van der Waals surface area contributed by atoms with E-state index in [1.54, 1.807) is 37.3 Å². The number of rotatable bonds is 7. The number of amides is 4. The van der Waals surface area contributed by atoms with Gasteiger partial charge in [-0.15, -0.1) is 0 Å². The zero-order valence-electron chi connectivity index (χ0n) is 19.2. The molecule has 1 fully saturated rings. The first kappa shape index (κ1) is 26.7. The summed E-state index contributed by atoms with van der Waals surface area (Å²) < 4.78 is 26.5. The van der Waals surface area contributed by atoms with E-state index >= 15 is 0 Å². The van der Waals surface area contributed by atoms with Crippen molar-refractivity contribution >= 4 is 68.7 Å². The second-order valence-corrected chi connectivity index (χ2v) is 9.39. The molecule has 0 aromatic heterocycles. The average molecular weight is 608 g/mol. The van der Waals surface area contributed by atoms with E-state index in [9.17, 15) is 18.8 Å². The summed E-state index contributed by atoms with van der Waals surface area (Å²) in [6.45, 7) is 2.21. The maximum absolute atomic E-state index is 14.3. The molecule has 190 valence electrons. The number of hydrogen-bond donors (Lipinski definition) is 1. The zero-order chi connectivity index (χ0) is 26.7. The van der Waals surface area contributed by atoms with Gasteiger partial charge in [0.05, 0.1) is 16.8 Å². The first-order valence-corrected chi connectivity index (χ1v) is 12.4. The van der Waals surface area contributed by atoms with E-state index in [-0.39, 0.29) is 17.9 Å². The van der Waals surface area contributed by atoms with Gasteiger partial charge in [-0.05, 0) is 70.9 Å². The van der Waals surface area contributed by atoms with E-state index < -0.39 is 23.7 Å². The molecule has 11 heteroatoms. The number of nitrogens with one attached hydrogen (secondary N) is 1. The molecule has 1 heterocycles. The predicted molar refractivity (Wildman–Crippen MR) is 142 cm³/mol. The number of hydrogen-bond acceptors (Lipinski definition) is 5. The van der Waals surface area contributed by atoms with Crippen molar-refractivity contribution in [2.75, 3.05) is 11.5 Å². The molecule has 0 saturated carbocycles. The molecule has 0 unspecified atom stereocenters. The molecule has 1 saturated heterocycles. The largest absolute Gasteiger partial charge is 0.490 e. The topological polar surface area (TPSA) is 84.9 Å². The number of imide groups is 2. The maximum Gasteiger partial charge on any atom is 0.336 e. The van der Waals surface area contributed by atoms with Crippen LogP contribution in [0.2, 0.25) is 10.0 Å². The van der Waals surface area contributed by atoms with Gasteiger partial charge in [0, 0.05) is 15.6 Å². The Kier molecular flexibility index (Phi) is 8.16. The second kappa shape index (κ2) is 11.3. The van der Waals surface area contributed by atoms with E-state index in [2.05, 4.69) is 21.2 Å². The molecule has 0 atom stereocenters. The fraction of sp³-hybridized carbons (Fsp3) is 0.115. The van der Waals surface area contributed by atoms with E-state index in [1.807, 2.05) is 0 Å². The Hall–Kier alpha value is -3.40. The minimum absolute atomic E-state index is 0.121. The minimum Gasteiger partial charge on any atom is -0.490 e. The fourth-order valence-electron chi connectivity index (χ4n) is 3.54. The maximum atomic E-state index is 14.3. The summed E-state index contributed by atoms with van der Waals surface area (Å²) in [5.41, 5.74) is 0.463. The van der Waals surface area contributed by atoms with Gasteiger partial charge in [0.1, 0.15) is 18.0 Å². The third-order valence-corrected chi connectivity index (χ3v) is 6.40. The first-order chi connectivity index (χ1) is 17.7. The van der Waals surface area contributed by atoms with Crippen molar-refractivity contribution in [3.63, 3.8) is 0 Å². The minimum atomic E-state index is -1.04. The van der Waals surface area contributed by atoms with Gasteiger partial charge in [0.25, 0.3) is 11.8 Å². The van der Waals surface area contributed by atoms with Gasteiger partial charge >= 0.3 is 6.03 Å². The Labute approximate surface area is 229 Å². The standard InChI is InChI=1S/C26H18BrCl2FN2O5/c1-2-36-22-11-14(10-18(27)23(22)37-13-15-7-8-16(28)12-19(15)29)9-17-24(33)31-26(35)32(25(17)34)21-6-4-3-5-20(21)30/h3-12H,2,13H2,1H3,(H,31,33,35)/b17-9-. The molecule has 7 nitrogen and oxygen atoms in total. The van der Waals surface area contributed by atoms with Gasteiger partial charge < -0.3 is 9.47 Å². The van der Waals surface area contributed by atoms with Gasteiger partial charge in [-0.1, -0.05) is 41.4 Å². The van der Waals surface area contributed by atoms with E-state index in [0.29, 0.717) is 48.7 Å². The monoisotopic (exact) mass is 606 g/mol. The Morgan fingerprint density at radius 3 is 2.51 bits per heavy atom. The number of anilines is 1. The van der Waals surface area contributed by atoms with Crippen LogP contribution in [0.15, 0.2) is 64.6 Å². The van der Waals surface area contributed by atoms with Crippen LogP contribution in [0.3, 0.4) is 0 Å². The van der Waals surface area contributed by atoms with E-state index in [0.717, 1.165) is 6.07 Å². The van der Waals surface area contributed by atoms with Crippen LogP contribution in [0.5, 0.6) is 11.5 Å². The number of ether oxygens (including phenoxy) is 2. The fourth-order valence-corrected chi connectivity index (χ4v) is 4.58. The number of para-hydroxylation sites is 1. The molecular weight excluding hydrogens is 590 g/mol. The number of urea groups is 1. The highest BCUT2D eigenvalue weighted by Crippen LogP contribution is 2.39. The number of carbonyl (C=O) groups excluding carboxylic acids is 3. The molecule has 3 aromatic rings. The summed E-state index contributed by atoms with van der Waals surface area (Å²) in [6.07, 6.45) is 1.28.